The van der Waals surface area contributed by atoms with E-state index in [1.54, 1.807) is 12.1 Å². The normalized spacial score (nSPS) is 11.2. The first-order valence-electron chi connectivity index (χ1n) is 7.48. The Morgan fingerprint density at radius 2 is 2.05 bits per heavy atom. The van der Waals surface area contributed by atoms with Crippen LogP contribution < -0.4 is 5.32 Å². The maximum Gasteiger partial charge on any atom is 0.193 e. The fraction of sp³-hybridized carbons (Fsp3) is 0.471. The molecule has 0 aliphatic rings. The lowest BCUT2D eigenvalue weighted by atomic mass is 10.1. The first-order valence-corrected chi connectivity index (χ1v) is 7.48. The molecule has 0 aromatic heterocycles. The van der Waals surface area contributed by atoms with Crippen molar-refractivity contribution < 1.29 is 5.11 Å². The van der Waals surface area contributed by atoms with Crippen LogP contribution in [0.4, 0.5) is 0 Å². The number of phenols is 1. The van der Waals surface area contributed by atoms with Gasteiger partial charge in [-0.05, 0) is 43.4 Å². The number of hydrogen-bond acceptors (Lipinski definition) is 2. The van der Waals surface area contributed by atoms with E-state index in [2.05, 4.69) is 28.8 Å². The summed E-state index contributed by atoms with van der Waals surface area (Å²) in [4.78, 5) is 6.44. The van der Waals surface area contributed by atoms with Gasteiger partial charge in [-0.15, -0.1) is 6.58 Å². The van der Waals surface area contributed by atoms with E-state index >= 15 is 0 Å². The summed E-state index contributed by atoms with van der Waals surface area (Å²) in [5.41, 5.74) is 1.24. The predicted octanol–water partition coefficient (Wildman–Crippen LogP) is 2.80. The van der Waals surface area contributed by atoms with E-state index in [0.717, 1.165) is 44.7 Å². The van der Waals surface area contributed by atoms with Crippen molar-refractivity contribution >= 4 is 5.96 Å². The molecule has 1 aromatic carbocycles. The first kappa shape index (κ1) is 17.1. The average molecular weight is 289 g/mol. The standard InChI is InChI=1S/C17H27N3O/c1-4-5-6-14-20(3)17(18-2)19-13-7-8-15-9-11-16(21)12-10-15/h4,9-12,21H,1,5-8,13-14H2,2-3H3,(H,18,19). The molecule has 0 aliphatic carbocycles. The number of nitrogens with zero attached hydrogens (tertiary/aromatic N) is 2. The molecule has 0 amide bonds. The molecule has 0 atom stereocenters. The monoisotopic (exact) mass is 289 g/mol. The molecule has 0 bridgehead atoms. The van der Waals surface area contributed by atoms with Crippen molar-refractivity contribution in [3.05, 3.63) is 42.5 Å². The van der Waals surface area contributed by atoms with E-state index in [-0.39, 0.29) is 0 Å². The van der Waals surface area contributed by atoms with Crippen LogP contribution in [0.5, 0.6) is 5.75 Å². The molecule has 0 fully saturated rings. The maximum absolute atomic E-state index is 9.24. The minimum Gasteiger partial charge on any atom is -0.508 e. The molecule has 1 aromatic rings. The van der Waals surface area contributed by atoms with Crippen molar-refractivity contribution in [2.24, 2.45) is 4.99 Å². The smallest absolute Gasteiger partial charge is 0.193 e. The molecule has 4 nitrogen and oxygen atoms in total. The van der Waals surface area contributed by atoms with Crippen LogP contribution in [0.15, 0.2) is 41.9 Å². The number of allylic oxidation sites excluding steroid dienone is 1. The zero-order chi connectivity index (χ0) is 15.5. The Bertz CT molecular complexity index is 440. The highest BCUT2D eigenvalue weighted by Crippen LogP contribution is 2.10. The lowest BCUT2D eigenvalue weighted by Gasteiger charge is -2.21. The molecule has 0 aliphatic heterocycles. The lowest BCUT2D eigenvalue weighted by Crippen LogP contribution is -2.39. The Morgan fingerprint density at radius 3 is 2.67 bits per heavy atom. The third-order valence-electron chi connectivity index (χ3n) is 3.34. The van der Waals surface area contributed by atoms with Crippen molar-refractivity contribution in [2.45, 2.75) is 25.7 Å². The number of rotatable bonds is 8. The summed E-state index contributed by atoms with van der Waals surface area (Å²) in [6.45, 7) is 5.60. The summed E-state index contributed by atoms with van der Waals surface area (Å²) in [6.07, 6.45) is 6.09. The maximum atomic E-state index is 9.24. The van der Waals surface area contributed by atoms with E-state index < -0.39 is 0 Å². The Morgan fingerprint density at radius 1 is 1.33 bits per heavy atom. The van der Waals surface area contributed by atoms with Crippen LogP contribution in [0, 0.1) is 0 Å². The van der Waals surface area contributed by atoms with Gasteiger partial charge in [-0.2, -0.15) is 0 Å². The van der Waals surface area contributed by atoms with Gasteiger partial charge >= 0.3 is 0 Å². The first-order chi connectivity index (χ1) is 10.2. The summed E-state index contributed by atoms with van der Waals surface area (Å²) < 4.78 is 0. The van der Waals surface area contributed by atoms with Crippen molar-refractivity contribution in [3.8, 4) is 5.75 Å². The third-order valence-corrected chi connectivity index (χ3v) is 3.34. The highest BCUT2D eigenvalue weighted by molar-refractivity contribution is 5.79. The summed E-state index contributed by atoms with van der Waals surface area (Å²) in [7, 11) is 3.87. The molecule has 0 unspecified atom stereocenters. The second-order valence-electron chi connectivity index (χ2n) is 5.10. The zero-order valence-electron chi connectivity index (χ0n) is 13.2. The quantitative estimate of drug-likeness (QED) is 0.335. The van der Waals surface area contributed by atoms with Gasteiger partial charge in [0.1, 0.15) is 5.75 Å². The van der Waals surface area contributed by atoms with Gasteiger partial charge in [-0.1, -0.05) is 18.2 Å². The van der Waals surface area contributed by atoms with Gasteiger partial charge < -0.3 is 15.3 Å². The molecule has 2 N–H and O–H groups in total. The van der Waals surface area contributed by atoms with Gasteiger partial charge in [0.2, 0.25) is 0 Å². The molecule has 116 valence electrons. The second kappa shape index (κ2) is 9.86. The minimum atomic E-state index is 0.318. The molecule has 4 heteroatoms. The van der Waals surface area contributed by atoms with E-state index in [1.165, 1.54) is 5.56 Å². The van der Waals surface area contributed by atoms with E-state index in [9.17, 15) is 5.11 Å². The number of benzene rings is 1. The largest absolute Gasteiger partial charge is 0.508 e. The molecule has 0 heterocycles. The molecule has 1 rings (SSSR count). The Labute approximate surface area is 128 Å². The molecular weight excluding hydrogens is 262 g/mol. The van der Waals surface area contributed by atoms with Crippen molar-refractivity contribution in [1.29, 1.82) is 0 Å². The topological polar surface area (TPSA) is 47.9 Å². The molecular formula is C17H27N3O. The SMILES string of the molecule is C=CCCCN(C)C(=NC)NCCCc1ccc(O)cc1. The van der Waals surface area contributed by atoms with Gasteiger partial charge in [0.25, 0.3) is 0 Å². The number of aryl methyl sites for hydroxylation is 1. The van der Waals surface area contributed by atoms with Crippen molar-refractivity contribution in [3.63, 3.8) is 0 Å². The number of guanidine groups is 1. The summed E-state index contributed by atoms with van der Waals surface area (Å²) >= 11 is 0. The molecule has 0 radical (unpaired) electrons. The second-order valence-corrected chi connectivity index (χ2v) is 5.10. The van der Waals surface area contributed by atoms with Crippen LogP contribution in [0.2, 0.25) is 0 Å². The van der Waals surface area contributed by atoms with Crippen molar-refractivity contribution in [1.82, 2.24) is 10.2 Å². The number of nitrogens with one attached hydrogen (secondary N) is 1. The number of unbranched alkanes of at least 4 members (excludes halogenated alkanes) is 1. The molecule has 21 heavy (non-hydrogen) atoms. The fourth-order valence-electron chi connectivity index (χ4n) is 2.12. The molecule has 0 saturated heterocycles. The highest BCUT2D eigenvalue weighted by atomic mass is 16.3. The Hall–Kier alpha value is -1.97. The van der Waals surface area contributed by atoms with Crippen LogP contribution in [-0.4, -0.2) is 43.2 Å². The summed E-state index contributed by atoms with van der Waals surface area (Å²) in [5.74, 6) is 1.25. The van der Waals surface area contributed by atoms with Gasteiger partial charge in [0.15, 0.2) is 5.96 Å². The number of hydrogen-bond donors (Lipinski definition) is 2. The summed E-state index contributed by atoms with van der Waals surface area (Å²) in [5, 5.41) is 12.6. The number of phenolic OH excluding ortho intramolecular Hbond substituents is 1. The lowest BCUT2D eigenvalue weighted by molar-refractivity contribution is 0.469. The Balaban J connectivity index is 2.25. The minimum absolute atomic E-state index is 0.318. The third kappa shape index (κ3) is 6.84. The van der Waals surface area contributed by atoms with Crippen LogP contribution in [0.25, 0.3) is 0 Å². The number of aromatic hydroxyl groups is 1. The fourth-order valence-corrected chi connectivity index (χ4v) is 2.12. The highest BCUT2D eigenvalue weighted by Gasteiger charge is 2.04. The van der Waals surface area contributed by atoms with Gasteiger partial charge in [-0.25, -0.2) is 0 Å². The van der Waals surface area contributed by atoms with Crippen LogP contribution in [0.3, 0.4) is 0 Å². The summed E-state index contributed by atoms with van der Waals surface area (Å²) in [6, 6.07) is 7.39. The molecule has 0 saturated carbocycles. The van der Waals surface area contributed by atoms with Gasteiger partial charge in [0, 0.05) is 27.2 Å². The van der Waals surface area contributed by atoms with Gasteiger partial charge in [-0.3, -0.25) is 4.99 Å². The van der Waals surface area contributed by atoms with Crippen LogP contribution in [0.1, 0.15) is 24.8 Å². The van der Waals surface area contributed by atoms with Gasteiger partial charge in [0.05, 0.1) is 0 Å². The van der Waals surface area contributed by atoms with Crippen molar-refractivity contribution in [2.75, 3.05) is 27.2 Å². The zero-order valence-corrected chi connectivity index (χ0v) is 13.2. The Kier molecular flexibility index (Phi) is 8.02. The average Bonchev–Trinajstić information content (AvgIpc) is 2.49. The number of aliphatic imine (C=N–C) groups is 1. The van der Waals surface area contributed by atoms with Crippen LogP contribution >= 0.6 is 0 Å². The van der Waals surface area contributed by atoms with E-state index in [1.807, 2.05) is 25.3 Å². The molecule has 0 spiro atoms. The van der Waals surface area contributed by atoms with Crippen LogP contribution in [-0.2, 0) is 6.42 Å². The van der Waals surface area contributed by atoms with E-state index in [0.29, 0.717) is 5.75 Å². The van der Waals surface area contributed by atoms with E-state index in [4.69, 9.17) is 0 Å². The predicted molar refractivity (Wildman–Crippen MR) is 89.9 cm³/mol.